The Hall–Kier alpha value is -2.05. The van der Waals surface area contributed by atoms with Crippen molar-refractivity contribution in [2.75, 3.05) is 24.7 Å². The number of benzene rings is 2. The van der Waals surface area contributed by atoms with Gasteiger partial charge in [0.15, 0.2) is 0 Å². The van der Waals surface area contributed by atoms with Gasteiger partial charge in [-0.05, 0) is 49.0 Å². The van der Waals surface area contributed by atoms with E-state index in [2.05, 4.69) is 4.72 Å². The Bertz CT molecular complexity index is 712. The molecule has 0 bridgehead atoms. The number of nitrogens with one attached hydrogen (secondary N) is 1. The minimum Gasteiger partial charge on any atom is -0.399 e. The van der Waals surface area contributed by atoms with Gasteiger partial charge in [-0.3, -0.25) is 0 Å². The van der Waals surface area contributed by atoms with Crippen LogP contribution in [0.4, 0.5) is 11.4 Å². The van der Waals surface area contributed by atoms with Gasteiger partial charge in [-0.2, -0.15) is 0 Å². The molecule has 5 nitrogen and oxygen atoms in total. The van der Waals surface area contributed by atoms with E-state index in [4.69, 9.17) is 5.73 Å². The molecule has 0 radical (unpaired) electrons. The zero-order valence-corrected chi connectivity index (χ0v) is 12.9. The third-order valence-electron chi connectivity index (χ3n) is 3.23. The van der Waals surface area contributed by atoms with Crippen LogP contribution in [0, 0.1) is 0 Å². The molecule has 0 spiro atoms. The van der Waals surface area contributed by atoms with Crippen molar-refractivity contribution in [2.45, 2.75) is 11.4 Å². The number of nitrogens with two attached hydrogens (primary N) is 1. The minimum atomic E-state index is -3.39. The lowest BCUT2D eigenvalue weighted by atomic mass is 10.2. The summed E-state index contributed by atoms with van der Waals surface area (Å²) < 4.78 is 25.6. The van der Waals surface area contributed by atoms with Crippen LogP contribution in [0.2, 0.25) is 0 Å². The molecule has 0 fully saturated rings. The Kier molecular flexibility index (Phi) is 4.50. The first kappa shape index (κ1) is 15.3. The third-order valence-corrected chi connectivity index (χ3v) is 4.66. The molecule has 0 aliphatic carbocycles. The van der Waals surface area contributed by atoms with E-state index >= 15 is 0 Å². The molecule has 0 unspecified atom stereocenters. The normalized spacial score (nSPS) is 11.3. The second-order valence-corrected chi connectivity index (χ2v) is 6.69. The highest BCUT2D eigenvalue weighted by molar-refractivity contribution is 7.89. The van der Waals surface area contributed by atoms with E-state index in [9.17, 15) is 8.42 Å². The Morgan fingerprint density at radius 1 is 1.14 bits per heavy atom. The monoisotopic (exact) mass is 305 g/mol. The van der Waals surface area contributed by atoms with E-state index in [-0.39, 0.29) is 4.90 Å². The van der Waals surface area contributed by atoms with Crippen LogP contribution in [0.15, 0.2) is 53.4 Å². The molecule has 0 aliphatic rings. The molecule has 6 heteroatoms. The molecule has 0 aliphatic heterocycles. The number of rotatable bonds is 5. The summed E-state index contributed by atoms with van der Waals surface area (Å²) in [4.78, 5) is 2.29. The molecule has 2 rings (SSSR count). The van der Waals surface area contributed by atoms with Gasteiger partial charge in [0, 0.05) is 25.0 Å². The molecular formula is C15H19N3O2S. The molecule has 21 heavy (non-hydrogen) atoms. The van der Waals surface area contributed by atoms with Crippen LogP contribution >= 0.6 is 0 Å². The van der Waals surface area contributed by atoms with Gasteiger partial charge in [0.05, 0.1) is 4.90 Å². The average molecular weight is 305 g/mol. The number of sulfonamides is 1. The topological polar surface area (TPSA) is 75.4 Å². The number of hydrogen-bond acceptors (Lipinski definition) is 4. The van der Waals surface area contributed by atoms with E-state index in [1.54, 1.807) is 24.3 Å². The summed E-state index contributed by atoms with van der Waals surface area (Å²) in [7, 11) is -0.0430. The van der Waals surface area contributed by atoms with Crippen LogP contribution in [-0.2, 0) is 16.6 Å². The SMILES string of the molecule is CNS(=O)(=O)c1ccc(N(C)Cc2cccc(N)c2)cc1. The number of anilines is 2. The van der Waals surface area contributed by atoms with Crippen LogP contribution < -0.4 is 15.4 Å². The lowest BCUT2D eigenvalue weighted by Crippen LogP contribution is -2.19. The minimum absolute atomic E-state index is 0.256. The van der Waals surface area contributed by atoms with Crippen molar-refractivity contribution >= 4 is 21.4 Å². The van der Waals surface area contributed by atoms with Crippen LogP contribution in [0.3, 0.4) is 0 Å². The fourth-order valence-corrected chi connectivity index (χ4v) is 2.78. The Morgan fingerprint density at radius 3 is 2.38 bits per heavy atom. The average Bonchev–Trinajstić information content (AvgIpc) is 2.47. The molecule has 112 valence electrons. The van der Waals surface area contributed by atoms with Crippen molar-refractivity contribution in [1.82, 2.24) is 4.72 Å². The fraction of sp³-hybridized carbons (Fsp3) is 0.200. The van der Waals surface area contributed by atoms with Crippen LogP contribution in [0.25, 0.3) is 0 Å². The van der Waals surface area contributed by atoms with Gasteiger partial charge in [-0.15, -0.1) is 0 Å². The standard InChI is InChI=1S/C15H19N3O2S/c1-17-21(19,20)15-8-6-14(7-9-15)18(2)11-12-4-3-5-13(16)10-12/h3-10,17H,11,16H2,1-2H3. The molecular weight excluding hydrogens is 286 g/mol. The second-order valence-electron chi connectivity index (χ2n) is 4.80. The Morgan fingerprint density at radius 2 is 1.81 bits per heavy atom. The number of hydrogen-bond donors (Lipinski definition) is 2. The predicted molar refractivity (Wildman–Crippen MR) is 85.6 cm³/mol. The summed E-state index contributed by atoms with van der Waals surface area (Å²) in [5, 5.41) is 0. The van der Waals surface area contributed by atoms with E-state index in [0.29, 0.717) is 6.54 Å². The fourth-order valence-electron chi connectivity index (χ4n) is 2.05. The first-order chi connectivity index (χ1) is 9.92. The summed E-state index contributed by atoms with van der Waals surface area (Å²) in [6, 6.07) is 14.5. The summed E-state index contributed by atoms with van der Waals surface area (Å²) in [6.45, 7) is 0.698. The molecule has 0 atom stereocenters. The quantitative estimate of drug-likeness (QED) is 0.826. The van der Waals surface area contributed by atoms with Gasteiger partial charge in [-0.25, -0.2) is 13.1 Å². The molecule has 2 aromatic rings. The summed E-state index contributed by atoms with van der Waals surface area (Å²) in [6.07, 6.45) is 0. The molecule has 0 amide bonds. The van der Waals surface area contributed by atoms with E-state index in [0.717, 1.165) is 16.9 Å². The Labute approximate surface area is 125 Å². The highest BCUT2D eigenvalue weighted by atomic mass is 32.2. The first-order valence-corrected chi connectivity index (χ1v) is 8.00. The zero-order valence-electron chi connectivity index (χ0n) is 12.1. The molecule has 0 saturated carbocycles. The van der Waals surface area contributed by atoms with Crippen molar-refractivity contribution < 1.29 is 8.42 Å². The van der Waals surface area contributed by atoms with E-state index in [1.165, 1.54) is 7.05 Å². The van der Waals surface area contributed by atoms with Crippen molar-refractivity contribution in [3.8, 4) is 0 Å². The maximum Gasteiger partial charge on any atom is 0.240 e. The van der Waals surface area contributed by atoms with Gasteiger partial charge in [-0.1, -0.05) is 12.1 Å². The smallest absolute Gasteiger partial charge is 0.240 e. The first-order valence-electron chi connectivity index (χ1n) is 6.51. The van der Waals surface area contributed by atoms with Crippen LogP contribution in [0.1, 0.15) is 5.56 Å². The van der Waals surface area contributed by atoms with Crippen molar-refractivity contribution in [2.24, 2.45) is 0 Å². The van der Waals surface area contributed by atoms with Crippen molar-refractivity contribution in [3.05, 3.63) is 54.1 Å². The van der Waals surface area contributed by atoms with Gasteiger partial charge >= 0.3 is 0 Å². The van der Waals surface area contributed by atoms with E-state index < -0.39 is 10.0 Å². The number of nitrogens with zero attached hydrogens (tertiary/aromatic N) is 1. The third kappa shape index (κ3) is 3.74. The second kappa shape index (κ2) is 6.15. The molecule has 0 heterocycles. The largest absolute Gasteiger partial charge is 0.399 e. The summed E-state index contributed by atoms with van der Waals surface area (Å²) in [5.41, 5.74) is 8.54. The van der Waals surface area contributed by atoms with Crippen molar-refractivity contribution in [3.63, 3.8) is 0 Å². The predicted octanol–water partition coefficient (Wildman–Crippen LogP) is 1.81. The highest BCUT2D eigenvalue weighted by Crippen LogP contribution is 2.19. The lowest BCUT2D eigenvalue weighted by Gasteiger charge is -2.20. The van der Waals surface area contributed by atoms with Crippen molar-refractivity contribution in [1.29, 1.82) is 0 Å². The number of nitrogen functional groups attached to an aromatic ring is 1. The molecule has 0 saturated heterocycles. The molecule has 2 aromatic carbocycles. The van der Waals surface area contributed by atoms with Gasteiger partial charge in [0.2, 0.25) is 10.0 Å². The maximum absolute atomic E-state index is 11.7. The Balaban J connectivity index is 2.15. The lowest BCUT2D eigenvalue weighted by molar-refractivity contribution is 0.588. The summed E-state index contributed by atoms with van der Waals surface area (Å²) in [5.74, 6) is 0. The summed E-state index contributed by atoms with van der Waals surface area (Å²) >= 11 is 0. The molecule has 0 aromatic heterocycles. The van der Waals surface area contributed by atoms with E-state index in [1.807, 2.05) is 36.2 Å². The van der Waals surface area contributed by atoms with Crippen LogP contribution in [0.5, 0.6) is 0 Å². The van der Waals surface area contributed by atoms with Gasteiger partial charge in [0.1, 0.15) is 0 Å². The highest BCUT2D eigenvalue weighted by Gasteiger charge is 2.11. The maximum atomic E-state index is 11.7. The van der Waals surface area contributed by atoms with Gasteiger partial charge in [0.25, 0.3) is 0 Å². The van der Waals surface area contributed by atoms with Crippen LogP contribution in [-0.4, -0.2) is 22.5 Å². The zero-order chi connectivity index (χ0) is 15.5. The molecule has 3 N–H and O–H groups in total. The van der Waals surface area contributed by atoms with Gasteiger partial charge < -0.3 is 10.6 Å².